The van der Waals surface area contributed by atoms with Crippen LogP contribution in [0.4, 0.5) is 11.4 Å². The van der Waals surface area contributed by atoms with Crippen molar-refractivity contribution in [2.24, 2.45) is 0 Å². The standard InChI is InChI=1S/C38H40N2O2/c1-25-23-33(19-21-35(25)39)41-31-15-11-29(12-16-31)37(3,4)27-7-9-28(10-8-27)38(5,6)30-13-17-32(18-14-30)42-34-20-22-36(40)26(2)24-34/h7-24H,39-40H2,1-6H3. The highest BCUT2D eigenvalue weighted by Gasteiger charge is 2.26. The van der Waals surface area contributed by atoms with E-state index in [4.69, 9.17) is 20.9 Å². The molecular formula is C38H40N2O2. The first-order valence-corrected chi connectivity index (χ1v) is 14.3. The summed E-state index contributed by atoms with van der Waals surface area (Å²) >= 11 is 0. The van der Waals surface area contributed by atoms with Gasteiger partial charge in [-0.3, -0.25) is 0 Å². The van der Waals surface area contributed by atoms with Crippen LogP contribution in [0.2, 0.25) is 0 Å². The van der Waals surface area contributed by atoms with Crippen LogP contribution in [0.25, 0.3) is 0 Å². The molecule has 0 saturated heterocycles. The van der Waals surface area contributed by atoms with E-state index in [2.05, 4.69) is 76.2 Å². The number of rotatable bonds is 8. The molecule has 0 heterocycles. The number of ether oxygens (including phenoxy) is 2. The molecular weight excluding hydrogens is 516 g/mol. The summed E-state index contributed by atoms with van der Waals surface area (Å²) in [6, 6.07) is 37.2. The van der Waals surface area contributed by atoms with Gasteiger partial charge in [-0.1, -0.05) is 76.2 Å². The third-order valence-corrected chi connectivity index (χ3v) is 8.43. The Kier molecular flexibility index (Phi) is 7.74. The second kappa shape index (κ2) is 11.3. The van der Waals surface area contributed by atoms with Crippen LogP contribution in [-0.2, 0) is 10.8 Å². The summed E-state index contributed by atoms with van der Waals surface area (Å²) in [6.45, 7) is 13.0. The van der Waals surface area contributed by atoms with E-state index in [1.807, 2.05) is 74.5 Å². The van der Waals surface area contributed by atoms with Gasteiger partial charge in [-0.2, -0.15) is 0 Å². The lowest BCUT2D eigenvalue weighted by atomic mass is 9.74. The van der Waals surface area contributed by atoms with Gasteiger partial charge in [0.15, 0.2) is 0 Å². The van der Waals surface area contributed by atoms with Gasteiger partial charge in [0.05, 0.1) is 0 Å². The van der Waals surface area contributed by atoms with E-state index in [1.165, 1.54) is 22.3 Å². The molecule has 4 heteroatoms. The molecule has 5 aromatic carbocycles. The molecule has 0 fully saturated rings. The van der Waals surface area contributed by atoms with Gasteiger partial charge in [-0.15, -0.1) is 0 Å². The number of benzene rings is 5. The van der Waals surface area contributed by atoms with Gasteiger partial charge in [-0.25, -0.2) is 0 Å². The molecule has 214 valence electrons. The van der Waals surface area contributed by atoms with E-state index >= 15 is 0 Å². The Morgan fingerprint density at radius 1 is 0.405 bits per heavy atom. The van der Waals surface area contributed by atoms with Gasteiger partial charge in [0.1, 0.15) is 23.0 Å². The lowest BCUT2D eigenvalue weighted by Crippen LogP contribution is -2.21. The summed E-state index contributed by atoms with van der Waals surface area (Å²) < 4.78 is 12.1. The van der Waals surface area contributed by atoms with Crippen molar-refractivity contribution in [2.45, 2.75) is 52.4 Å². The summed E-state index contributed by atoms with van der Waals surface area (Å²) in [5.41, 5.74) is 20.1. The van der Waals surface area contributed by atoms with Crippen molar-refractivity contribution < 1.29 is 9.47 Å². The maximum Gasteiger partial charge on any atom is 0.127 e. The Hall–Kier alpha value is -4.70. The Bertz CT molecular complexity index is 1560. The summed E-state index contributed by atoms with van der Waals surface area (Å²) in [5.74, 6) is 3.17. The van der Waals surface area contributed by atoms with Gasteiger partial charge in [0.25, 0.3) is 0 Å². The van der Waals surface area contributed by atoms with Crippen molar-refractivity contribution in [3.63, 3.8) is 0 Å². The molecule has 0 aromatic heterocycles. The first-order valence-electron chi connectivity index (χ1n) is 14.3. The molecule has 4 nitrogen and oxygen atoms in total. The number of anilines is 2. The van der Waals surface area contributed by atoms with Crippen molar-refractivity contribution in [3.05, 3.63) is 143 Å². The van der Waals surface area contributed by atoms with E-state index in [9.17, 15) is 0 Å². The van der Waals surface area contributed by atoms with Crippen LogP contribution in [0.1, 0.15) is 61.1 Å². The molecule has 0 aliphatic rings. The predicted molar refractivity (Wildman–Crippen MR) is 175 cm³/mol. The molecule has 42 heavy (non-hydrogen) atoms. The molecule has 0 atom stereocenters. The average Bonchev–Trinajstić information content (AvgIpc) is 2.97. The first kappa shape index (κ1) is 28.8. The number of aryl methyl sites for hydroxylation is 2. The Morgan fingerprint density at radius 3 is 0.952 bits per heavy atom. The third kappa shape index (κ3) is 5.99. The highest BCUT2D eigenvalue weighted by Crippen LogP contribution is 2.37. The smallest absolute Gasteiger partial charge is 0.127 e. The molecule has 0 bridgehead atoms. The van der Waals surface area contributed by atoms with Crippen LogP contribution in [0.5, 0.6) is 23.0 Å². The molecule has 0 unspecified atom stereocenters. The minimum atomic E-state index is -0.168. The minimum absolute atomic E-state index is 0.168. The fourth-order valence-electron chi connectivity index (χ4n) is 5.21. The average molecular weight is 557 g/mol. The van der Waals surface area contributed by atoms with E-state index in [-0.39, 0.29) is 10.8 Å². The third-order valence-electron chi connectivity index (χ3n) is 8.43. The van der Waals surface area contributed by atoms with Crippen molar-refractivity contribution in [1.29, 1.82) is 0 Å². The largest absolute Gasteiger partial charge is 0.457 e. The molecule has 0 aliphatic heterocycles. The van der Waals surface area contributed by atoms with Crippen molar-refractivity contribution in [1.82, 2.24) is 0 Å². The lowest BCUT2D eigenvalue weighted by Gasteiger charge is -2.29. The number of hydrogen-bond donors (Lipinski definition) is 2. The summed E-state index contributed by atoms with van der Waals surface area (Å²) in [7, 11) is 0. The van der Waals surface area contributed by atoms with Crippen LogP contribution in [0.3, 0.4) is 0 Å². The van der Waals surface area contributed by atoms with Gasteiger partial charge in [0.2, 0.25) is 0 Å². The molecule has 0 aliphatic carbocycles. The Balaban J connectivity index is 1.28. The number of hydrogen-bond acceptors (Lipinski definition) is 4. The zero-order chi connectivity index (χ0) is 30.1. The van der Waals surface area contributed by atoms with Crippen molar-refractivity contribution in [3.8, 4) is 23.0 Å². The van der Waals surface area contributed by atoms with Gasteiger partial charge in [0, 0.05) is 22.2 Å². The fourth-order valence-corrected chi connectivity index (χ4v) is 5.21. The first-order chi connectivity index (χ1) is 19.9. The van der Waals surface area contributed by atoms with Crippen LogP contribution in [-0.4, -0.2) is 0 Å². The molecule has 0 saturated carbocycles. The van der Waals surface area contributed by atoms with Crippen LogP contribution in [0.15, 0.2) is 109 Å². The zero-order valence-corrected chi connectivity index (χ0v) is 25.4. The van der Waals surface area contributed by atoms with Gasteiger partial charge >= 0.3 is 0 Å². The minimum Gasteiger partial charge on any atom is -0.457 e. The second-order valence-electron chi connectivity index (χ2n) is 12.1. The van der Waals surface area contributed by atoms with Crippen molar-refractivity contribution >= 4 is 11.4 Å². The Labute approximate surface area is 249 Å². The predicted octanol–water partition coefficient (Wildman–Crippen LogP) is 9.70. The zero-order valence-electron chi connectivity index (χ0n) is 25.4. The van der Waals surface area contributed by atoms with E-state index in [0.29, 0.717) is 0 Å². The van der Waals surface area contributed by atoms with E-state index < -0.39 is 0 Å². The summed E-state index contributed by atoms with van der Waals surface area (Å²) in [4.78, 5) is 0. The second-order valence-corrected chi connectivity index (χ2v) is 12.1. The van der Waals surface area contributed by atoms with E-state index in [0.717, 1.165) is 45.5 Å². The maximum atomic E-state index is 6.06. The molecule has 5 rings (SSSR count). The molecule has 5 aromatic rings. The van der Waals surface area contributed by atoms with Crippen LogP contribution in [0, 0.1) is 13.8 Å². The topological polar surface area (TPSA) is 70.5 Å². The maximum absolute atomic E-state index is 6.06. The monoisotopic (exact) mass is 556 g/mol. The quantitative estimate of drug-likeness (QED) is 0.187. The van der Waals surface area contributed by atoms with Gasteiger partial charge in [-0.05, 0) is 108 Å². The highest BCUT2D eigenvalue weighted by molar-refractivity contribution is 5.52. The fraction of sp³-hybridized carbons (Fsp3) is 0.211. The Morgan fingerprint density at radius 2 is 0.667 bits per heavy atom. The molecule has 4 N–H and O–H groups in total. The molecule has 0 radical (unpaired) electrons. The highest BCUT2D eigenvalue weighted by atomic mass is 16.5. The summed E-state index contributed by atoms with van der Waals surface area (Å²) in [6.07, 6.45) is 0. The van der Waals surface area contributed by atoms with Crippen molar-refractivity contribution in [2.75, 3.05) is 11.5 Å². The lowest BCUT2D eigenvalue weighted by molar-refractivity contribution is 0.481. The van der Waals surface area contributed by atoms with Crippen LogP contribution < -0.4 is 20.9 Å². The summed E-state index contributed by atoms with van der Waals surface area (Å²) in [5, 5.41) is 0. The van der Waals surface area contributed by atoms with Crippen LogP contribution >= 0.6 is 0 Å². The van der Waals surface area contributed by atoms with E-state index in [1.54, 1.807) is 0 Å². The number of nitrogens with two attached hydrogens (primary N) is 2. The molecule has 0 amide bonds. The normalized spacial score (nSPS) is 11.8. The number of nitrogen functional groups attached to an aromatic ring is 2. The van der Waals surface area contributed by atoms with Gasteiger partial charge < -0.3 is 20.9 Å². The molecule has 0 spiro atoms. The SMILES string of the molecule is Cc1cc(Oc2ccc(C(C)(C)c3ccc(C(C)(C)c4ccc(Oc5ccc(N)c(C)c5)cc4)cc3)cc2)ccc1N.